The fourth-order valence-corrected chi connectivity index (χ4v) is 2.94. The van der Waals surface area contributed by atoms with Crippen LogP contribution in [0.2, 0.25) is 0 Å². The lowest BCUT2D eigenvalue weighted by Gasteiger charge is -2.22. The number of carbonyl (C=O) groups excluding carboxylic acids is 2. The molecule has 2 bridgehead atoms. The van der Waals surface area contributed by atoms with Gasteiger partial charge in [-0.05, 0) is 12.8 Å². The summed E-state index contributed by atoms with van der Waals surface area (Å²) >= 11 is 5.51. The first-order chi connectivity index (χ1) is 8.20. The third-order valence-electron chi connectivity index (χ3n) is 3.57. The first-order valence-corrected chi connectivity index (χ1v) is 6.35. The second-order valence-electron chi connectivity index (χ2n) is 4.63. The topological polar surface area (TPSA) is 61.8 Å². The Morgan fingerprint density at radius 3 is 3.06 bits per heavy atom. The number of fused-ring (bicyclic) bond motifs is 1. The van der Waals surface area contributed by atoms with Crippen LogP contribution >= 0.6 is 11.6 Å². The van der Waals surface area contributed by atoms with Crippen LogP contribution in [0.25, 0.3) is 0 Å². The van der Waals surface area contributed by atoms with E-state index in [-0.39, 0.29) is 30.1 Å². The molecule has 0 spiro atoms. The predicted octanol–water partition coefficient (Wildman–Crippen LogP) is 0.630. The summed E-state index contributed by atoms with van der Waals surface area (Å²) in [6.07, 6.45) is 0.279. The van der Waals surface area contributed by atoms with Gasteiger partial charge in [0, 0.05) is 12.3 Å². The molecule has 0 aromatic carbocycles. The van der Waals surface area contributed by atoms with E-state index < -0.39 is 12.2 Å². The van der Waals surface area contributed by atoms with Crippen molar-refractivity contribution in [1.29, 1.82) is 0 Å². The van der Waals surface area contributed by atoms with E-state index in [0.29, 0.717) is 25.1 Å². The number of ether oxygens (including phenoxy) is 3. The molecular formula is C11H13ClO5. The monoisotopic (exact) mass is 260 g/mol. The minimum Gasteiger partial charge on any atom is -0.455 e. The van der Waals surface area contributed by atoms with Gasteiger partial charge in [0.25, 0.3) is 0 Å². The normalized spacial score (nSPS) is 41.7. The lowest BCUT2D eigenvalue weighted by molar-refractivity contribution is -0.160. The minimum absolute atomic E-state index is 0.150. The van der Waals surface area contributed by atoms with Crippen LogP contribution in [0.1, 0.15) is 19.3 Å². The summed E-state index contributed by atoms with van der Waals surface area (Å²) in [4.78, 5) is 22.9. The molecule has 3 heterocycles. The molecule has 0 radical (unpaired) electrons. The molecule has 3 fully saturated rings. The van der Waals surface area contributed by atoms with Crippen molar-refractivity contribution >= 4 is 23.5 Å². The summed E-state index contributed by atoms with van der Waals surface area (Å²) in [6, 6.07) is 0. The van der Waals surface area contributed by atoms with Crippen LogP contribution in [-0.2, 0) is 23.8 Å². The quantitative estimate of drug-likeness (QED) is 0.548. The molecule has 0 amide bonds. The van der Waals surface area contributed by atoms with Gasteiger partial charge in [-0.2, -0.15) is 0 Å². The molecule has 3 aliphatic heterocycles. The van der Waals surface area contributed by atoms with E-state index >= 15 is 0 Å². The molecule has 5 nitrogen and oxygen atoms in total. The first kappa shape index (κ1) is 11.3. The SMILES string of the molecule is O=C(CCCCl)OC1C2CC3C(=O)OC1C3O2. The highest BCUT2D eigenvalue weighted by Gasteiger charge is 2.64. The highest BCUT2D eigenvalue weighted by molar-refractivity contribution is 6.17. The Bertz CT molecular complexity index is 358. The van der Waals surface area contributed by atoms with Gasteiger partial charge in [-0.1, -0.05) is 0 Å². The Kier molecular flexibility index (Phi) is 2.75. The maximum Gasteiger partial charge on any atom is 0.312 e. The molecular weight excluding hydrogens is 248 g/mol. The van der Waals surface area contributed by atoms with E-state index in [9.17, 15) is 9.59 Å². The first-order valence-electron chi connectivity index (χ1n) is 5.82. The van der Waals surface area contributed by atoms with E-state index in [0.717, 1.165) is 0 Å². The summed E-state index contributed by atoms with van der Waals surface area (Å²) in [7, 11) is 0. The highest BCUT2D eigenvalue weighted by atomic mass is 35.5. The third kappa shape index (κ3) is 1.72. The van der Waals surface area contributed by atoms with Gasteiger partial charge in [-0.15, -0.1) is 11.6 Å². The number of alkyl halides is 1. The second-order valence-corrected chi connectivity index (χ2v) is 5.01. The van der Waals surface area contributed by atoms with Crippen LogP contribution in [0.15, 0.2) is 0 Å². The van der Waals surface area contributed by atoms with Gasteiger partial charge in [0.15, 0.2) is 12.2 Å². The van der Waals surface area contributed by atoms with Crippen molar-refractivity contribution in [3.05, 3.63) is 0 Å². The third-order valence-corrected chi connectivity index (χ3v) is 3.83. The summed E-state index contributed by atoms with van der Waals surface area (Å²) < 4.78 is 16.1. The van der Waals surface area contributed by atoms with Crippen LogP contribution in [-0.4, -0.2) is 42.2 Å². The molecule has 5 unspecified atom stereocenters. The predicted molar refractivity (Wildman–Crippen MR) is 56.5 cm³/mol. The largest absolute Gasteiger partial charge is 0.455 e. The Labute approximate surface area is 103 Å². The van der Waals surface area contributed by atoms with E-state index in [1.165, 1.54) is 0 Å². The van der Waals surface area contributed by atoms with Crippen molar-refractivity contribution in [3.63, 3.8) is 0 Å². The van der Waals surface area contributed by atoms with Crippen molar-refractivity contribution in [2.24, 2.45) is 5.92 Å². The lowest BCUT2D eigenvalue weighted by Crippen LogP contribution is -2.40. The van der Waals surface area contributed by atoms with E-state index in [1.54, 1.807) is 0 Å². The van der Waals surface area contributed by atoms with E-state index in [1.807, 2.05) is 0 Å². The van der Waals surface area contributed by atoms with Gasteiger partial charge in [-0.3, -0.25) is 9.59 Å². The van der Waals surface area contributed by atoms with Crippen LogP contribution in [0, 0.1) is 5.92 Å². The molecule has 0 N–H and O–H groups in total. The Morgan fingerprint density at radius 2 is 2.29 bits per heavy atom. The Balaban J connectivity index is 1.62. The summed E-state index contributed by atoms with van der Waals surface area (Å²) in [5.74, 6) is -0.237. The number of esters is 2. The standard InChI is InChI=1S/C11H13ClO5/c12-3-1-2-7(13)16-9-6-4-5-8(15-6)10(9)17-11(5)14/h5-6,8-10H,1-4H2. The van der Waals surface area contributed by atoms with Crippen molar-refractivity contribution in [2.75, 3.05) is 5.88 Å². The molecule has 3 aliphatic rings. The fourth-order valence-electron chi connectivity index (χ4n) is 2.80. The average molecular weight is 261 g/mol. The fraction of sp³-hybridized carbons (Fsp3) is 0.818. The van der Waals surface area contributed by atoms with Crippen molar-refractivity contribution in [3.8, 4) is 0 Å². The molecule has 0 aromatic rings. The van der Waals surface area contributed by atoms with E-state index in [4.69, 9.17) is 25.8 Å². The zero-order chi connectivity index (χ0) is 12.0. The maximum absolute atomic E-state index is 11.5. The average Bonchev–Trinajstić information content (AvgIpc) is 2.90. The summed E-state index contributed by atoms with van der Waals surface area (Å²) in [5.41, 5.74) is 0. The molecule has 0 aromatic heterocycles. The smallest absolute Gasteiger partial charge is 0.312 e. The van der Waals surface area contributed by atoms with Gasteiger partial charge in [-0.25, -0.2) is 0 Å². The van der Waals surface area contributed by atoms with Gasteiger partial charge < -0.3 is 14.2 Å². The molecule has 0 saturated carbocycles. The van der Waals surface area contributed by atoms with Gasteiger partial charge in [0.1, 0.15) is 6.10 Å². The summed E-state index contributed by atoms with van der Waals surface area (Å²) in [6.45, 7) is 0. The van der Waals surface area contributed by atoms with Gasteiger partial charge in [0.2, 0.25) is 0 Å². The number of hydrogen-bond acceptors (Lipinski definition) is 5. The van der Waals surface area contributed by atoms with Crippen LogP contribution in [0.3, 0.4) is 0 Å². The number of hydrogen-bond donors (Lipinski definition) is 0. The second kappa shape index (κ2) is 4.14. The molecule has 6 heteroatoms. The highest BCUT2D eigenvalue weighted by Crippen LogP contribution is 2.47. The number of halogens is 1. The Hall–Kier alpha value is -0.810. The van der Waals surface area contributed by atoms with Crippen LogP contribution < -0.4 is 0 Å². The van der Waals surface area contributed by atoms with Crippen LogP contribution in [0.5, 0.6) is 0 Å². The molecule has 5 atom stereocenters. The molecule has 3 rings (SSSR count). The van der Waals surface area contributed by atoms with Crippen molar-refractivity contribution in [2.45, 2.75) is 43.7 Å². The molecule has 94 valence electrons. The van der Waals surface area contributed by atoms with Crippen molar-refractivity contribution in [1.82, 2.24) is 0 Å². The molecule has 3 saturated heterocycles. The van der Waals surface area contributed by atoms with Gasteiger partial charge in [0.05, 0.1) is 12.0 Å². The number of carbonyl (C=O) groups is 2. The zero-order valence-corrected chi connectivity index (χ0v) is 9.89. The van der Waals surface area contributed by atoms with E-state index in [2.05, 4.69) is 0 Å². The lowest BCUT2D eigenvalue weighted by atomic mass is 9.88. The maximum atomic E-state index is 11.5. The summed E-state index contributed by atoms with van der Waals surface area (Å²) in [5, 5.41) is 0. The zero-order valence-electron chi connectivity index (χ0n) is 9.13. The molecule has 0 aliphatic carbocycles. The van der Waals surface area contributed by atoms with Gasteiger partial charge >= 0.3 is 11.9 Å². The minimum atomic E-state index is -0.425. The van der Waals surface area contributed by atoms with Crippen LogP contribution in [0.4, 0.5) is 0 Å². The number of rotatable bonds is 4. The van der Waals surface area contributed by atoms with Crippen molar-refractivity contribution < 1.29 is 23.8 Å². The Morgan fingerprint density at radius 1 is 1.47 bits per heavy atom. The molecule has 17 heavy (non-hydrogen) atoms.